The Morgan fingerprint density at radius 1 is 1.33 bits per heavy atom. The van der Waals surface area contributed by atoms with Crippen LogP contribution in [0.3, 0.4) is 0 Å². The van der Waals surface area contributed by atoms with E-state index in [1.165, 1.54) is 0 Å². The third-order valence-electron chi connectivity index (χ3n) is 4.22. The van der Waals surface area contributed by atoms with Gasteiger partial charge in [0.25, 0.3) is 0 Å². The summed E-state index contributed by atoms with van der Waals surface area (Å²) in [6.45, 7) is 5.96. The zero-order valence-corrected chi connectivity index (χ0v) is 11.5. The van der Waals surface area contributed by atoms with Gasteiger partial charge in [0, 0.05) is 18.4 Å². The molecule has 1 saturated heterocycles. The van der Waals surface area contributed by atoms with Crippen LogP contribution in [0.2, 0.25) is 0 Å². The first-order valence-electron chi connectivity index (χ1n) is 6.53. The predicted octanol–water partition coefficient (Wildman–Crippen LogP) is 1.99. The summed E-state index contributed by atoms with van der Waals surface area (Å²) in [5.41, 5.74) is 0.274. The molecule has 1 aliphatic heterocycles. The summed E-state index contributed by atoms with van der Waals surface area (Å²) in [5.74, 6) is 0.861. The highest BCUT2D eigenvalue weighted by Crippen LogP contribution is 2.39. The lowest BCUT2D eigenvalue weighted by atomic mass is 9.68. The van der Waals surface area contributed by atoms with Gasteiger partial charge in [-0.15, -0.1) is 0 Å². The number of methoxy groups -OCH3 is 1. The van der Waals surface area contributed by atoms with Crippen molar-refractivity contribution in [2.75, 3.05) is 20.2 Å². The lowest BCUT2D eigenvalue weighted by Gasteiger charge is -2.47. The lowest BCUT2D eigenvalue weighted by Crippen LogP contribution is -2.57. The van der Waals surface area contributed by atoms with E-state index in [9.17, 15) is 5.11 Å². The van der Waals surface area contributed by atoms with Gasteiger partial charge in [-0.25, -0.2) is 0 Å². The predicted molar refractivity (Wildman–Crippen MR) is 72.9 cm³/mol. The third-order valence-corrected chi connectivity index (χ3v) is 4.22. The van der Waals surface area contributed by atoms with Gasteiger partial charge >= 0.3 is 0 Å². The van der Waals surface area contributed by atoms with Crippen LogP contribution in [-0.2, 0) is 6.42 Å². The van der Waals surface area contributed by atoms with Crippen LogP contribution in [0, 0.1) is 5.41 Å². The van der Waals surface area contributed by atoms with Gasteiger partial charge in [-0.3, -0.25) is 0 Å². The number of hydrogen-bond donors (Lipinski definition) is 2. The van der Waals surface area contributed by atoms with Crippen LogP contribution in [0.15, 0.2) is 24.3 Å². The van der Waals surface area contributed by atoms with Crippen LogP contribution in [0.4, 0.5) is 0 Å². The number of ether oxygens (including phenoxy) is 1. The van der Waals surface area contributed by atoms with Crippen LogP contribution in [0.25, 0.3) is 0 Å². The topological polar surface area (TPSA) is 41.5 Å². The van der Waals surface area contributed by atoms with Crippen molar-refractivity contribution in [3.63, 3.8) is 0 Å². The molecule has 18 heavy (non-hydrogen) atoms. The molecule has 0 amide bonds. The van der Waals surface area contributed by atoms with Crippen LogP contribution >= 0.6 is 0 Å². The molecule has 0 spiro atoms. The summed E-state index contributed by atoms with van der Waals surface area (Å²) in [6, 6.07) is 7.94. The molecule has 100 valence electrons. The summed E-state index contributed by atoms with van der Waals surface area (Å²) < 4.78 is 5.37. The lowest BCUT2D eigenvalue weighted by molar-refractivity contribution is -0.0872. The van der Waals surface area contributed by atoms with Gasteiger partial charge in [0.2, 0.25) is 0 Å². The molecule has 1 fully saturated rings. The zero-order valence-electron chi connectivity index (χ0n) is 11.5. The van der Waals surface area contributed by atoms with Gasteiger partial charge in [0.15, 0.2) is 0 Å². The largest absolute Gasteiger partial charge is 0.496 e. The van der Waals surface area contributed by atoms with E-state index in [2.05, 4.69) is 19.2 Å². The molecule has 1 aromatic rings. The van der Waals surface area contributed by atoms with Gasteiger partial charge < -0.3 is 15.2 Å². The second kappa shape index (κ2) is 4.90. The van der Waals surface area contributed by atoms with Crippen molar-refractivity contribution >= 4 is 0 Å². The number of nitrogens with one attached hydrogen (secondary N) is 1. The molecular formula is C15H23NO2. The molecule has 1 aliphatic rings. The van der Waals surface area contributed by atoms with Gasteiger partial charge in [0.05, 0.1) is 12.7 Å². The molecule has 3 heteroatoms. The Morgan fingerprint density at radius 2 is 2.06 bits per heavy atom. The minimum atomic E-state index is -0.674. The van der Waals surface area contributed by atoms with Crippen LogP contribution in [0.5, 0.6) is 5.75 Å². The van der Waals surface area contributed by atoms with Crippen molar-refractivity contribution in [2.45, 2.75) is 32.3 Å². The Balaban J connectivity index is 2.26. The first kappa shape index (κ1) is 13.4. The molecule has 1 atom stereocenters. The summed E-state index contributed by atoms with van der Waals surface area (Å²) in [5, 5.41) is 14.3. The Morgan fingerprint density at radius 3 is 2.72 bits per heavy atom. The van der Waals surface area contributed by atoms with E-state index < -0.39 is 5.60 Å². The number of rotatable bonds is 3. The number of aliphatic hydroxyl groups is 1. The number of para-hydroxylation sites is 1. The molecule has 3 nitrogen and oxygen atoms in total. The van der Waals surface area contributed by atoms with Crippen LogP contribution < -0.4 is 10.1 Å². The van der Waals surface area contributed by atoms with Crippen LogP contribution in [0.1, 0.15) is 25.8 Å². The van der Waals surface area contributed by atoms with E-state index in [0.29, 0.717) is 6.42 Å². The van der Waals surface area contributed by atoms with Crippen molar-refractivity contribution in [2.24, 2.45) is 5.41 Å². The van der Waals surface area contributed by atoms with E-state index in [0.717, 1.165) is 30.8 Å². The number of benzene rings is 1. The summed E-state index contributed by atoms with van der Waals surface area (Å²) in [4.78, 5) is 0. The second-order valence-corrected chi connectivity index (χ2v) is 5.83. The molecule has 2 rings (SSSR count). The van der Waals surface area contributed by atoms with E-state index in [1.807, 2.05) is 24.3 Å². The maximum atomic E-state index is 11.0. The van der Waals surface area contributed by atoms with Crippen molar-refractivity contribution in [1.29, 1.82) is 0 Å². The average molecular weight is 249 g/mol. The van der Waals surface area contributed by atoms with Crippen molar-refractivity contribution in [3.05, 3.63) is 29.8 Å². The molecule has 0 aromatic heterocycles. The standard InChI is InChI=1S/C15H23NO2/c1-14(2)11-16-9-8-15(14,17)10-12-6-4-5-7-13(12)18-3/h4-7,16-17H,8-11H2,1-3H3. The average Bonchev–Trinajstić information content (AvgIpc) is 2.34. The third kappa shape index (κ3) is 2.38. The highest BCUT2D eigenvalue weighted by atomic mass is 16.5. The van der Waals surface area contributed by atoms with Gasteiger partial charge in [-0.1, -0.05) is 32.0 Å². The summed E-state index contributed by atoms with van der Waals surface area (Å²) >= 11 is 0. The Hall–Kier alpha value is -1.06. The molecular weight excluding hydrogens is 226 g/mol. The van der Waals surface area contributed by atoms with E-state index in [1.54, 1.807) is 7.11 Å². The maximum absolute atomic E-state index is 11.0. The molecule has 0 bridgehead atoms. The number of hydrogen-bond acceptors (Lipinski definition) is 3. The number of piperidine rings is 1. The van der Waals surface area contributed by atoms with Gasteiger partial charge in [-0.2, -0.15) is 0 Å². The molecule has 0 aliphatic carbocycles. The quantitative estimate of drug-likeness (QED) is 0.861. The minimum absolute atomic E-state index is 0.133. The molecule has 1 aromatic carbocycles. The van der Waals surface area contributed by atoms with Gasteiger partial charge in [-0.05, 0) is 24.6 Å². The highest BCUT2D eigenvalue weighted by Gasteiger charge is 2.45. The Labute approximate surface area is 109 Å². The zero-order chi connectivity index (χ0) is 13.2. The fourth-order valence-corrected chi connectivity index (χ4v) is 2.69. The van der Waals surface area contributed by atoms with E-state index in [4.69, 9.17) is 4.74 Å². The molecule has 1 heterocycles. The summed E-state index contributed by atoms with van der Waals surface area (Å²) in [7, 11) is 1.68. The maximum Gasteiger partial charge on any atom is 0.122 e. The molecule has 0 saturated carbocycles. The molecule has 0 radical (unpaired) electrons. The SMILES string of the molecule is COc1ccccc1CC1(O)CCNCC1(C)C. The Kier molecular flexibility index (Phi) is 3.64. The monoisotopic (exact) mass is 249 g/mol. The van der Waals surface area contributed by atoms with Crippen LogP contribution in [-0.4, -0.2) is 30.9 Å². The normalized spacial score (nSPS) is 26.9. The second-order valence-electron chi connectivity index (χ2n) is 5.83. The van der Waals surface area contributed by atoms with Gasteiger partial charge in [0.1, 0.15) is 5.75 Å². The van der Waals surface area contributed by atoms with Crippen molar-refractivity contribution < 1.29 is 9.84 Å². The first-order chi connectivity index (χ1) is 8.48. The summed E-state index contributed by atoms with van der Waals surface area (Å²) in [6.07, 6.45) is 1.42. The first-order valence-corrected chi connectivity index (χ1v) is 6.53. The molecule has 1 unspecified atom stereocenters. The highest BCUT2D eigenvalue weighted by molar-refractivity contribution is 5.35. The van der Waals surface area contributed by atoms with Crippen molar-refractivity contribution in [3.8, 4) is 5.75 Å². The van der Waals surface area contributed by atoms with Crippen molar-refractivity contribution in [1.82, 2.24) is 5.32 Å². The fourth-order valence-electron chi connectivity index (χ4n) is 2.69. The fraction of sp³-hybridized carbons (Fsp3) is 0.600. The Bertz CT molecular complexity index is 417. The minimum Gasteiger partial charge on any atom is -0.496 e. The molecule has 2 N–H and O–H groups in total. The smallest absolute Gasteiger partial charge is 0.122 e. The van der Waals surface area contributed by atoms with E-state index >= 15 is 0 Å². The van der Waals surface area contributed by atoms with E-state index in [-0.39, 0.29) is 5.41 Å².